The standard InChI is InChI=1S/C23H28O7/c1-10-6-7-22(5)15(12(10)3)17(26)19(29-9-24)14-16(22)18(27)21(30-13(4)25)23(20(14)28)8-11(23)2/h9-11,15,17,19,21,26H,3,6-8H2,1-2,4-5H3/t10-,11-,15-,17+,19+,21+,22+,23-/m1/s1. The molecule has 4 aliphatic carbocycles. The lowest BCUT2D eigenvalue weighted by Crippen LogP contribution is -2.61. The molecule has 0 aromatic carbocycles. The second-order valence-corrected chi connectivity index (χ2v) is 9.67. The summed E-state index contributed by atoms with van der Waals surface area (Å²) in [6, 6.07) is 0. The van der Waals surface area contributed by atoms with E-state index in [0.29, 0.717) is 12.8 Å². The summed E-state index contributed by atoms with van der Waals surface area (Å²) >= 11 is 0. The van der Waals surface area contributed by atoms with Gasteiger partial charge in [0.25, 0.3) is 6.47 Å². The van der Waals surface area contributed by atoms with Gasteiger partial charge in [-0.15, -0.1) is 0 Å². The van der Waals surface area contributed by atoms with E-state index in [1.165, 1.54) is 6.92 Å². The number of aliphatic hydroxyl groups is 1. The molecule has 0 aromatic heterocycles. The maximum Gasteiger partial charge on any atom is 0.303 e. The van der Waals surface area contributed by atoms with Crippen LogP contribution in [0, 0.1) is 28.6 Å². The van der Waals surface area contributed by atoms with Crippen molar-refractivity contribution in [3.63, 3.8) is 0 Å². The van der Waals surface area contributed by atoms with Crippen molar-refractivity contribution in [3.8, 4) is 0 Å². The Bertz CT molecular complexity index is 901. The van der Waals surface area contributed by atoms with Gasteiger partial charge in [0.1, 0.15) is 6.10 Å². The third-order valence-corrected chi connectivity index (χ3v) is 8.06. The van der Waals surface area contributed by atoms with Crippen LogP contribution in [0.25, 0.3) is 0 Å². The molecule has 0 unspecified atom stereocenters. The van der Waals surface area contributed by atoms with Crippen LogP contribution in [0.5, 0.6) is 0 Å². The zero-order valence-corrected chi connectivity index (χ0v) is 17.8. The van der Waals surface area contributed by atoms with Gasteiger partial charge in [-0.3, -0.25) is 19.2 Å². The Balaban J connectivity index is 1.96. The predicted octanol–water partition coefficient (Wildman–Crippen LogP) is 1.92. The average molecular weight is 416 g/mol. The highest BCUT2D eigenvalue weighted by molar-refractivity contribution is 6.20. The van der Waals surface area contributed by atoms with Crippen LogP contribution in [-0.2, 0) is 28.7 Å². The van der Waals surface area contributed by atoms with Gasteiger partial charge >= 0.3 is 5.97 Å². The quantitative estimate of drug-likeness (QED) is 0.425. The first-order valence-corrected chi connectivity index (χ1v) is 10.5. The molecule has 0 saturated heterocycles. The number of fused-ring (bicyclic) bond motifs is 2. The molecule has 1 N–H and O–H groups in total. The lowest BCUT2D eigenvalue weighted by atomic mass is 9.50. The normalized spacial score (nSPS) is 45.0. The molecule has 0 aliphatic heterocycles. The molecule has 30 heavy (non-hydrogen) atoms. The smallest absolute Gasteiger partial charge is 0.303 e. The lowest BCUT2D eigenvalue weighted by molar-refractivity contribution is -0.164. The summed E-state index contributed by atoms with van der Waals surface area (Å²) in [6.45, 7) is 11.3. The Morgan fingerprint density at radius 3 is 2.47 bits per heavy atom. The van der Waals surface area contributed by atoms with Gasteiger partial charge in [-0.1, -0.05) is 32.9 Å². The number of hydrogen-bond acceptors (Lipinski definition) is 7. The summed E-state index contributed by atoms with van der Waals surface area (Å²) in [6.07, 6.45) is -1.89. The van der Waals surface area contributed by atoms with Crippen molar-refractivity contribution in [3.05, 3.63) is 23.3 Å². The predicted molar refractivity (Wildman–Crippen MR) is 105 cm³/mol. The molecule has 0 aromatic rings. The number of Topliss-reactive ketones (excluding diaryl/α,β-unsaturated/α-hetero) is 2. The van der Waals surface area contributed by atoms with E-state index < -0.39 is 46.8 Å². The Morgan fingerprint density at radius 2 is 1.93 bits per heavy atom. The summed E-state index contributed by atoms with van der Waals surface area (Å²) < 4.78 is 10.7. The summed E-state index contributed by atoms with van der Waals surface area (Å²) in [5.41, 5.74) is -0.918. The molecule has 4 rings (SSSR count). The highest BCUT2D eigenvalue weighted by atomic mass is 16.6. The third kappa shape index (κ3) is 2.47. The van der Waals surface area contributed by atoms with E-state index in [1.54, 1.807) is 0 Å². The largest absolute Gasteiger partial charge is 0.457 e. The van der Waals surface area contributed by atoms with Crippen LogP contribution in [0.2, 0.25) is 0 Å². The van der Waals surface area contributed by atoms with E-state index >= 15 is 0 Å². The number of rotatable bonds is 3. The van der Waals surface area contributed by atoms with Gasteiger partial charge in [0.15, 0.2) is 18.0 Å². The van der Waals surface area contributed by atoms with Crippen LogP contribution >= 0.6 is 0 Å². The van der Waals surface area contributed by atoms with Gasteiger partial charge in [-0.2, -0.15) is 0 Å². The van der Waals surface area contributed by atoms with Gasteiger partial charge < -0.3 is 14.6 Å². The number of ether oxygens (including phenoxy) is 2. The Kier molecular flexibility index (Phi) is 4.62. The van der Waals surface area contributed by atoms with E-state index in [4.69, 9.17) is 9.47 Å². The molecule has 4 aliphatic rings. The molecular formula is C23H28O7. The molecule has 162 valence electrons. The van der Waals surface area contributed by atoms with E-state index in [-0.39, 0.29) is 35.2 Å². The number of esters is 1. The van der Waals surface area contributed by atoms with Crippen molar-refractivity contribution >= 4 is 24.0 Å². The van der Waals surface area contributed by atoms with Crippen molar-refractivity contribution in [2.24, 2.45) is 28.6 Å². The summed E-state index contributed by atoms with van der Waals surface area (Å²) in [5.74, 6) is -1.98. The van der Waals surface area contributed by atoms with Crippen LogP contribution in [0.3, 0.4) is 0 Å². The van der Waals surface area contributed by atoms with Crippen LogP contribution < -0.4 is 0 Å². The van der Waals surface area contributed by atoms with Crippen molar-refractivity contribution in [2.45, 2.75) is 65.3 Å². The number of carbonyl (C=O) groups excluding carboxylic acids is 4. The fraction of sp³-hybridized carbons (Fsp3) is 0.652. The van der Waals surface area contributed by atoms with Crippen LogP contribution in [0.15, 0.2) is 23.3 Å². The maximum atomic E-state index is 13.8. The lowest BCUT2D eigenvalue weighted by Gasteiger charge is -2.55. The number of ketones is 2. The van der Waals surface area contributed by atoms with E-state index in [0.717, 1.165) is 12.0 Å². The molecule has 2 fully saturated rings. The molecule has 0 heterocycles. The van der Waals surface area contributed by atoms with Gasteiger partial charge in [0, 0.05) is 29.4 Å². The molecule has 7 heteroatoms. The van der Waals surface area contributed by atoms with Crippen molar-refractivity contribution in [1.29, 1.82) is 0 Å². The van der Waals surface area contributed by atoms with E-state index in [2.05, 4.69) is 6.58 Å². The molecular weight excluding hydrogens is 388 g/mol. The summed E-state index contributed by atoms with van der Waals surface area (Å²) in [7, 11) is 0. The van der Waals surface area contributed by atoms with Gasteiger partial charge in [-0.05, 0) is 31.1 Å². The molecule has 8 atom stereocenters. The van der Waals surface area contributed by atoms with Crippen LogP contribution in [0.4, 0.5) is 0 Å². The fourth-order valence-corrected chi connectivity index (χ4v) is 6.30. The summed E-state index contributed by atoms with van der Waals surface area (Å²) in [4.78, 5) is 50.6. The average Bonchev–Trinajstić information content (AvgIpc) is 3.34. The minimum absolute atomic E-state index is 0.0773. The highest BCUT2D eigenvalue weighted by Gasteiger charge is 2.73. The first-order valence-electron chi connectivity index (χ1n) is 10.5. The monoisotopic (exact) mass is 416 g/mol. The third-order valence-electron chi connectivity index (χ3n) is 8.06. The van der Waals surface area contributed by atoms with Gasteiger partial charge in [-0.25, -0.2) is 0 Å². The topological polar surface area (TPSA) is 107 Å². The SMILES string of the molecule is C=C1[C@H](C)CC[C@]2(C)C3=C(C(=O)[C@]4(C[C@H]4C)[C@@H](OC(C)=O)C3=O)[C@H](OC=O)[C@@H](O)[C@@H]12. The fourth-order valence-electron chi connectivity index (χ4n) is 6.30. The highest BCUT2D eigenvalue weighted by Crippen LogP contribution is 2.65. The number of hydrogen-bond donors (Lipinski definition) is 1. The first kappa shape index (κ1) is 21.0. The Labute approximate surface area is 175 Å². The van der Waals surface area contributed by atoms with Crippen LogP contribution in [-0.4, -0.2) is 47.4 Å². The van der Waals surface area contributed by atoms with E-state index in [1.807, 2.05) is 20.8 Å². The first-order chi connectivity index (χ1) is 14.0. The van der Waals surface area contributed by atoms with E-state index in [9.17, 15) is 24.3 Å². The second kappa shape index (κ2) is 6.61. The number of carbonyl (C=O) groups is 4. The molecule has 1 spiro atoms. The van der Waals surface area contributed by atoms with Gasteiger partial charge in [0.05, 0.1) is 5.41 Å². The maximum absolute atomic E-state index is 13.8. The van der Waals surface area contributed by atoms with Crippen LogP contribution in [0.1, 0.15) is 47.0 Å². The van der Waals surface area contributed by atoms with Crippen molar-refractivity contribution in [2.75, 3.05) is 0 Å². The van der Waals surface area contributed by atoms with Gasteiger partial charge in [0.2, 0.25) is 5.78 Å². The zero-order chi connectivity index (χ0) is 22.2. The summed E-state index contributed by atoms with van der Waals surface area (Å²) in [5, 5.41) is 11.2. The Morgan fingerprint density at radius 1 is 1.30 bits per heavy atom. The molecule has 0 bridgehead atoms. The minimum atomic E-state index is -1.24. The van der Waals surface area contributed by atoms with Crippen molar-refractivity contribution in [1.82, 2.24) is 0 Å². The Hall–Kier alpha value is -2.28. The molecule has 0 radical (unpaired) electrons. The minimum Gasteiger partial charge on any atom is -0.457 e. The van der Waals surface area contributed by atoms with Crippen molar-refractivity contribution < 1.29 is 33.8 Å². The molecule has 2 saturated carbocycles. The molecule has 7 nitrogen and oxygen atoms in total. The second-order valence-electron chi connectivity index (χ2n) is 9.67. The number of aliphatic hydroxyl groups excluding tert-OH is 1. The zero-order valence-electron chi connectivity index (χ0n) is 17.8. The molecule has 0 amide bonds.